The van der Waals surface area contributed by atoms with Crippen molar-refractivity contribution in [1.29, 1.82) is 0 Å². The summed E-state index contributed by atoms with van der Waals surface area (Å²) in [5.74, 6) is 0.191. The number of benzene rings is 1. The van der Waals surface area contributed by atoms with Crippen molar-refractivity contribution in [3.8, 4) is 11.5 Å². The molecular formula is C15H19NO5. The Morgan fingerprint density at radius 3 is 2.71 bits per heavy atom. The Morgan fingerprint density at radius 2 is 2.05 bits per heavy atom. The van der Waals surface area contributed by atoms with Crippen molar-refractivity contribution in [2.45, 2.75) is 12.8 Å². The van der Waals surface area contributed by atoms with Gasteiger partial charge in [-0.2, -0.15) is 0 Å². The molecule has 1 aromatic carbocycles. The second kappa shape index (κ2) is 6.97. The van der Waals surface area contributed by atoms with E-state index in [4.69, 9.17) is 14.6 Å². The highest BCUT2D eigenvalue weighted by Crippen LogP contribution is 2.26. The minimum absolute atomic E-state index is 0.0395. The van der Waals surface area contributed by atoms with E-state index in [1.807, 2.05) is 6.07 Å². The molecule has 1 fully saturated rings. The van der Waals surface area contributed by atoms with Gasteiger partial charge in [-0.15, -0.1) is 0 Å². The first-order chi connectivity index (χ1) is 10.1. The molecule has 6 heteroatoms. The molecule has 1 aliphatic rings. The van der Waals surface area contributed by atoms with Crippen LogP contribution in [0.5, 0.6) is 11.5 Å². The molecule has 0 saturated carbocycles. The molecule has 114 valence electrons. The molecule has 1 atom stereocenters. The van der Waals surface area contributed by atoms with Crippen molar-refractivity contribution in [3.63, 3.8) is 0 Å². The van der Waals surface area contributed by atoms with Gasteiger partial charge in [-0.1, -0.05) is 12.1 Å². The zero-order valence-electron chi connectivity index (χ0n) is 11.9. The molecule has 0 aromatic heterocycles. The molecule has 6 nitrogen and oxygen atoms in total. The smallest absolute Gasteiger partial charge is 0.303 e. The minimum atomic E-state index is -0.820. The molecule has 1 heterocycles. The van der Waals surface area contributed by atoms with Crippen molar-refractivity contribution >= 4 is 11.9 Å². The van der Waals surface area contributed by atoms with Gasteiger partial charge in [0.1, 0.15) is 0 Å². The Hall–Kier alpha value is -2.24. The highest BCUT2D eigenvalue weighted by atomic mass is 16.5. The molecule has 0 bridgehead atoms. The van der Waals surface area contributed by atoms with E-state index >= 15 is 0 Å². The van der Waals surface area contributed by atoms with E-state index in [0.29, 0.717) is 24.6 Å². The van der Waals surface area contributed by atoms with Gasteiger partial charge in [0, 0.05) is 19.5 Å². The van der Waals surface area contributed by atoms with Crippen LogP contribution in [0.3, 0.4) is 0 Å². The number of aliphatic carboxylic acids is 1. The number of rotatable bonds is 6. The van der Waals surface area contributed by atoms with Gasteiger partial charge in [0.15, 0.2) is 18.1 Å². The summed E-state index contributed by atoms with van der Waals surface area (Å²) in [6, 6.07) is 7.13. The molecule has 21 heavy (non-hydrogen) atoms. The number of carboxylic acids is 1. The Bertz CT molecular complexity index is 517. The minimum Gasteiger partial charge on any atom is -0.493 e. The van der Waals surface area contributed by atoms with Gasteiger partial charge in [0.05, 0.1) is 7.11 Å². The van der Waals surface area contributed by atoms with Gasteiger partial charge < -0.3 is 19.5 Å². The van der Waals surface area contributed by atoms with Crippen LogP contribution in [0, 0.1) is 5.92 Å². The van der Waals surface area contributed by atoms with E-state index in [0.717, 1.165) is 6.42 Å². The summed E-state index contributed by atoms with van der Waals surface area (Å²) >= 11 is 0. The Balaban J connectivity index is 1.84. The maximum absolute atomic E-state index is 12.1. The van der Waals surface area contributed by atoms with E-state index in [-0.39, 0.29) is 24.9 Å². The number of amides is 1. The van der Waals surface area contributed by atoms with Gasteiger partial charge in [0.2, 0.25) is 0 Å². The molecule has 1 saturated heterocycles. The number of hydrogen-bond donors (Lipinski definition) is 1. The number of nitrogens with zero attached hydrogens (tertiary/aromatic N) is 1. The van der Waals surface area contributed by atoms with Crippen molar-refractivity contribution in [2.24, 2.45) is 5.92 Å². The monoisotopic (exact) mass is 293 g/mol. The molecule has 0 spiro atoms. The van der Waals surface area contributed by atoms with Gasteiger partial charge in [-0.05, 0) is 24.5 Å². The van der Waals surface area contributed by atoms with Crippen LogP contribution in [0.1, 0.15) is 12.8 Å². The lowest BCUT2D eigenvalue weighted by Crippen LogP contribution is -2.33. The van der Waals surface area contributed by atoms with Crippen LogP contribution in [0.25, 0.3) is 0 Å². The summed E-state index contributed by atoms with van der Waals surface area (Å²) in [5, 5.41) is 8.77. The Kier molecular flexibility index (Phi) is 5.03. The Labute approximate surface area is 123 Å². The van der Waals surface area contributed by atoms with Crippen LogP contribution in [0.4, 0.5) is 0 Å². The molecular weight excluding hydrogens is 274 g/mol. The summed E-state index contributed by atoms with van der Waals surface area (Å²) < 4.78 is 10.6. The van der Waals surface area contributed by atoms with E-state index in [1.54, 1.807) is 30.2 Å². The number of hydrogen-bond acceptors (Lipinski definition) is 4. The van der Waals surface area contributed by atoms with Crippen LogP contribution in [0.2, 0.25) is 0 Å². The van der Waals surface area contributed by atoms with Crippen LogP contribution in [0.15, 0.2) is 24.3 Å². The van der Waals surface area contributed by atoms with Gasteiger partial charge >= 0.3 is 5.97 Å². The zero-order chi connectivity index (χ0) is 15.2. The largest absolute Gasteiger partial charge is 0.493 e. The van der Waals surface area contributed by atoms with Gasteiger partial charge in [-0.25, -0.2) is 0 Å². The molecule has 1 amide bonds. The summed E-state index contributed by atoms with van der Waals surface area (Å²) in [5.41, 5.74) is 0. The SMILES string of the molecule is COc1ccccc1OCC(=O)N1CCC(CC(=O)O)C1. The van der Waals surface area contributed by atoms with Gasteiger partial charge in [-0.3, -0.25) is 9.59 Å². The topological polar surface area (TPSA) is 76.1 Å². The number of ether oxygens (including phenoxy) is 2. The maximum Gasteiger partial charge on any atom is 0.303 e. The fraction of sp³-hybridized carbons (Fsp3) is 0.467. The molecule has 1 unspecified atom stereocenters. The summed E-state index contributed by atoms with van der Waals surface area (Å²) in [4.78, 5) is 24.4. The van der Waals surface area contributed by atoms with Crippen LogP contribution in [-0.2, 0) is 9.59 Å². The van der Waals surface area contributed by atoms with Crippen LogP contribution in [-0.4, -0.2) is 48.7 Å². The predicted octanol–water partition coefficient (Wildman–Crippen LogP) is 1.40. The molecule has 2 rings (SSSR count). The van der Waals surface area contributed by atoms with Crippen LogP contribution < -0.4 is 9.47 Å². The number of methoxy groups -OCH3 is 1. The van der Waals surface area contributed by atoms with E-state index in [2.05, 4.69) is 0 Å². The zero-order valence-corrected chi connectivity index (χ0v) is 11.9. The number of likely N-dealkylation sites (tertiary alicyclic amines) is 1. The third kappa shape index (κ3) is 4.11. The number of carbonyl (C=O) groups is 2. The maximum atomic E-state index is 12.1. The van der Waals surface area contributed by atoms with E-state index < -0.39 is 5.97 Å². The van der Waals surface area contributed by atoms with Crippen molar-refractivity contribution in [2.75, 3.05) is 26.8 Å². The number of para-hydroxylation sites is 2. The third-order valence-corrected chi connectivity index (χ3v) is 3.52. The Morgan fingerprint density at radius 1 is 1.33 bits per heavy atom. The highest BCUT2D eigenvalue weighted by Gasteiger charge is 2.27. The average molecular weight is 293 g/mol. The quantitative estimate of drug-likeness (QED) is 0.858. The molecule has 1 aliphatic heterocycles. The standard InChI is InChI=1S/C15H19NO5/c1-20-12-4-2-3-5-13(12)21-10-14(17)16-7-6-11(9-16)8-15(18)19/h2-5,11H,6-10H2,1H3,(H,18,19). The fourth-order valence-corrected chi connectivity index (χ4v) is 2.44. The summed E-state index contributed by atoms with van der Waals surface area (Å²) in [6.45, 7) is 1.01. The number of carbonyl (C=O) groups excluding carboxylic acids is 1. The lowest BCUT2D eigenvalue weighted by atomic mass is 10.1. The van der Waals surface area contributed by atoms with Crippen LogP contribution >= 0.6 is 0 Å². The molecule has 1 N–H and O–H groups in total. The van der Waals surface area contributed by atoms with E-state index in [1.165, 1.54) is 0 Å². The molecule has 0 aliphatic carbocycles. The lowest BCUT2D eigenvalue weighted by Gasteiger charge is -2.17. The first kappa shape index (κ1) is 15.2. The van der Waals surface area contributed by atoms with Crippen molar-refractivity contribution in [3.05, 3.63) is 24.3 Å². The number of carboxylic acid groups (broad SMARTS) is 1. The van der Waals surface area contributed by atoms with Crippen molar-refractivity contribution < 1.29 is 24.2 Å². The normalized spacial score (nSPS) is 17.6. The van der Waals surface area contributed by atoms with Gasteiger partial charge in [0.25, 0.3) is 5.91 Å². The third-order valence-electron chi connectivity index (χ3n) is 3.52. The lowest BCUT2D eigenvalue weighted by molar-refractivity contribution is -0.138. The second-order valence-electron chi connectivity index (χ2n) is 5.03. The first-order valence-corrected chi connectivity index (χ1v) is 6.85. The first-order valence-electron chi connectivity index (χ1n) is 6.85. The van der Waals surface area contributed by atoms with E-state index in [9.17, 15) is 9.59 Å². The fourth-order valence-electron chi connectivity index (χ4n) is 2.44. The second-order valence-corrected chi connectivity index (χ2v) is 5.03. The summed E-state index contributed by atoms with van der Waals surface area (Å²) in [7, 11) is 1.54. The highest BCUT2D eigenvalue weighted by molar-refractivity contribution is 5.78. The molecule has 1 aromatic rings. The molecule has 0 radical (unpaired) electrons. The summed E-state index contributed by atoms with van der Waals surface area (Å²) in [6.07, 6.45) is 0.837. The average Bonchev–Trinajstić information content (AvgIpc) is 2.92. The predicted molar refractivity (Wildman–Crippen MR) is 75.4 cm³/mol. The van der Waals surface area contributed by atoms with Crippen molar-refractivity contribution in [1.82, 2.24) is 4.90 Å².